The second kappa shape index (κ2) is 8.42. The van der Waals surface area contributed by atoms with Crippen molar-refractivity contribution in [3.8, 4) is 5.75 Å². The number of rotatable bonds is 6. The SMILES string of the molecule is COc1cc2c(cc1Nc1nc(Nc3cccc(F)c3C(N)=O)c3cc[nH]c3n1)CCCC2. The van der Waals surface area contributed by atoms with Gasteiger partial charge in [0.05, 0.1) is 29.4 Å². The van der Waals surface area contributed by atoms with Gasteiger partial charge in [0.1, 0.15) is 23.0 Å². The summed E-state index contributed by atoms with van der Waals surface area (Å²) in [5.74, 6) is -0.148. The van der Waals surface area contributed by atoms with Crippen molar-refractivity contribution in [1.82, 2.24) is 15.0 Å². The summed E-state index contributed by atoms with van der Waals surface area (Å²) in [5.41, 5.74) is 9.31. The fourth-order valence-corrected chi connectivity index (χ4v) is 4.25. The number of benzene rings is 2. The van der Waals surface area contributed by atoms with Crippen LogP contribution in [0.2, 0.25) is 0 Å². The fourth-order valence-electron chi connectivity index (χ4n) is 4.25. The molecule has 0 bridgehead atoms. The van der Waals surface area contributed by atoms with Crippen molar-refractivity contribution in [2.45, 2.75) is 25.7 Å². The molecule has 0 aliphatic heterocycles. The minimum Gasteiger partial charge on any atom is -0.495 e. The third kappa shape index (κ3) is 3.93. The molecule has 8 nitrogen and oxygen atoms in total. The van der Waals surface area contributed by atoms with E-state index >= 15 is 0 Å². The molecule has 1 aliphatic rings. The van der Waals surface area contributed by atoms with E-state index in [9.17, 15) is 9.18 Å². The van der Waals surface area contributed by atoms with Crippen molar-refractivity contribution in [3.63, 3.8) is 0 Å². The highest BCUT2D eigenvalue weighted by molar-refractivity contribution is 6.01. The highest BCUT2D eigenvalue weighted by Gasteiger charge is 2.18. The minimum absolute atomic E-state index is 0.223. The molecule has 2 aromatic heterocycles. The Hall–Kier alpha value is -4.14. The van der Waals surface area contributed by atoms with Crippen molar-refractivity contribution in [1.29, 1.82) is 0 Å². The maximum atomic E-state index is 14.2. The van der Waals surface area contributed by atoms with Gasteiger partial charge < -0.3 is 26.1 Å². The first kappa shape index (κ1) is 20.7. The number of nitrogens with one attached hydrogen (secondary N) is 3. The van der Waals surface area contributed by atoms with Gasteiger partial charge >= 0.3 is 0 Å². The molecule has 168 valence electrons. The van der Waals surface area contributed by atoms with Crippen molar-refractivity contribution in [2.24, 2.45) is 5.73 Å². The van der Waals surface area contributed by atoms with Crippen LogP contribution in [0, 0.1) is 5.82 Å². The molecule has 4 aromatic rings. The Morgan fingerprint density at radius 3 is 2.64 bits per heavy atom. The van der Waals surface area contributed by atoms with Crippen LogP contribution in [-0.4, -0.2) is 28.0 Å². The first-order chi connectivity index (χ1) is 16.0. The lowest BCUT2D eigenvalue weighted by Gasteiger charge is -2.20. The molecule has 0 saturated carbocycles. The van der Waals surface area contributed by atoms with Crippen LogP contribution in [0.15, 0.2) is 42.6 Å². The van der Waals surface area contributed by atoms with Gasteiger partial charge in [-0.15, -0.1) is 0 Å². The molecule has 0 saturated heterocycles. The number of nitrogens with zero attached hydrogens (tertiary/aromatic N) is 2. The molecule has 5 N–H and O–H groups in total. The summed E-state index contributed by atoms with van der Waals surface area (Å²) < 4.78 is 19.8. The van der Waals surface area contributed by atoms with Gasteiger partial charge in [0.15, 0.2) is 0 Å². The summed E-state index contributed by atoms with van der Waals surface area (Å²) in [6.07, 6.45) is 6.13. The van der Waals surface area contributed by atoms with Gasteiger partial charge in [0.2, 0.25) is 5.95 Å². The molecule has 1 amide bonds. The number of nitrogens with two attached hydrogens (primary N) is 1. The molecule has 0 fully saturated rings. The monoisotopic (exact) mass is 446 g/mol. The first-order valence-electron chi connectivity index (χ1n) is 10.7. The van der Waals surface area contributed by atoms with E-state index in [-0.39, 0.29) is 11.3 Å². The predicted octanol–water partition coefficient (Wildman–Crippen LogP) is 4.57. The topological polar surface area (TPSA) is 118 Å². The Bertz CT molecular complexity index is 1370. The number of hydrogen-bond acceptors (Lipinski definition) is 6. The first-order valence-corrected chi connectivity index (χ1v) is 10.7. The number of aromatic nitrogens is 3. The molecule has 0 unspecified atom stereocenters. The van der Waals surface area contributed by atoms with Gasteiger partial charge in [-0.25, -0.2) is 4.39 Å². The van der Waals surface area contributed by atoms with Crippen molar-refractivity contribution >= 4 is 40.1 Å². The van der Waals surface area contributed by atoms with Crippen LogP contribution in [0.1, 0.15) is 34.3 Å². The maximum absolute atomic E-state index is 14.2. The molecule has 5 rings (SSSR count). The van der Waals surface area contributed by atoms with E-state index in [1.165, 1.54) is 29.7 Å². The fraction of sp³-hybridized carbons (Fsp3) is 0.208. The number of anilines is 4. The Morgan fingerprint density at radius 2 is 1.88 bits per heavy atom. The van der Waals surface area contributed by atoms with Crippen molar-refractivity contribution in [2.75, 3.05) is 17.7 Å². The Kier molecular flexibility index (Phi) is 5.29. The molecule has 2 heterocycles. The zero-order valence-electron chi connectivity index (χ0n) is 18.0. The lowest BCUT2D eigenvalue weighted by atomic mass is 9.91. The number of methoxy groups -OCH3 is 1. The van der Waals surface area contributed by atoms with Crippen LogP contribution in [-0.2, 0) is 12.8 Å². The average molecular weight is 446 g/mol. The van der Waals surface area contributed by atoms with Gasteiger partial charge in [0.25, 0.3) is 5.91 Å². The van der Waals surface area contributed by atoms with Crippen LogP contribution in [0.4, 0.5) is 27.5 Å². The maximum Gasteiger partial charge on any atom is 0.253 e. The second-order valence-corrected chi connectivity index (χ2v) is 7.94. The number of ether oxygens (including phenoxy) is 1. The zero-order valence-corrected chi connectivity index (χ0v) is 18.0. The van der Waals surface area contributed by atoms with Gasteiger partial charge in [0, 0.05) is 6.20 Å². The van der Waals surface area contributed by atoms with Crippen LogP contribution in [0.25, 0.3) is 11.0 Å². The van der Waals surface area contributed by atoms with E-state index in [0.29, 0.717) is 28.5 Å². The second-order valence-electron chi connectivity index (χ2n) is 7.94. The third-order valence-corrected chi connectivity index (χ3v) is 5.84. The summed E-state index contributed by atoms with van der Waals surface area (Å²) in [6.45, 7) is 0. The number of aromatic amines is 1. The highest BCUT2D eigenvalue weighted by Crippen LogP contribution is 2.35. The smallest absolute Gasteiger partial charge is 0.253 e. The number of amides is 1. The van der Waals surface area contributed by atoms with Crippen LogP contribution in [0.5, 0.6) is 5.75 Å². The Morgan fingerprint density at radius 1 is 1.09 bits per heavy atom. The average Bonchev–Trinajstić information content (AvgIpc) is 3.27. The number of halogens is 1. The molecule has 1 aliphatic carbocycles. The lowest BCUT2D eigenvalue weighted by Crippen LogP contribution is -2.16. The molecule has 0 atom stereocenters. The lowest BCUT2D eigenvalue weighted by molar-refractivity contribution is 0.0997. The normalized spacial score (nSPS) is 12.9. The Balaban J connectivity index is 1.55. The predicted molar refractivity (Wildman–Crippen MR) is 125 cm³/mol. The van der Waals surface area contributed by atoms with Gasteiger partial charge in [-0.05, 0) is 67.1 Å². The zero-order chi connectivity index (χ0) is 22.9. The van der Waals surface area contributed by atoms with Crippen LogP contribution in [0.3, 0.4) is 0 Å². The number of hydrogen-bond donors (Lipinski definition) is 4. The molecule has 0 radical (unpaired) electrons. The summed E-state index contributed by atoms with van der Waals surface area (Å²) in [5, 5.41) is 6.98. The van der Waals surface area contributed by atoms with E-state index in [1.807, 2.05) is 0 Å². The van der Waals surface area contributed by atoms with E-state index in [2.05, 4.69) is 37.7 Å². The number of carbonyl (C=O) groups excluding carboxylic acids is 1. The highest BCUT2D eigenvalue weighted by atomic mass is 19.1. The van der Waals surface area contributed by atoms with Crippen molar-refractivity contribution < 1.29 is 13.9 Å². The van der Waals surface area contributed by atoms with E-state index in [0.717, 1.165) is 24.9 Å². The van der Waals surface area contributed by atoms with Crippen LogP contribution < -0.4 is 21.1 Å². The van der Waals surface area contributed by atoms with E-state index in [4.69, 9.17) is 10.5 Å². The molecule has 2 aromatic carbocycles. The quantitative estimate of drug-likeness (QED) is 0.345. The van der Waals surface area contributed by atoms with Crippen LogP contribution >= 0.6 is 0 Å². The van der Waals surface area contributed by atoms with Gasteiger partial charge in [-0.3, -0.25) is 4.79 Å². The van der Waals surface area contributed by atoms with E-state index in [1.54, 1.807) is 25.4 Å². The summed E-state index contributed by atoms with van der Waals surface area (Å²) in [6, 6.07) is 10.2. The number of H-pyrrole nitrogens is 1. The summed E-state index contributed by atoms with van der Waals surface area (Å²) >= 11 is 0. The number of aryl methyl sites for hydroxylation is 2. The van der Waals surface area contributed by atoms with Crippen molar-refractivity contribution in [3.05, 3.63) is 65.1 Å². The molecular weight excluding hydrogens is 423 g/mol. The molecule has 33 heavy (non-hydrogen) atoms. The summed E-state index contributed by atoms with van der Waals surface area (Å²) in [7, 11) is 1.63. The molecule has 9 heteroatoms. The third-order valence-electron chi connectivity index (χ3n) is 5.84. The number of fused-ring (bicyclic) bond motifs is 2. The number of primary amides is 1. The minimum atomic E-state index is -0.868. The standard InChI is InChI=1S/C24H23FN6O2/c1-33-19-12-14-6-3-2-5-13(14)11-18(19)29-24-30-22-15(9-10-27-22)23(31-24)28-17-8-4-7-16(25)20(17)21(26)32/h4,7-12H,2-3,5-6H2,1H3,(H2,26,32)(H3,27,28,29,30,31). The number of carbonyl (C=O) groups is 1. The molecular formula is C24H23FN6O2. The van der Waals surface area contributed by atoms with E-state index < -0.39 is 11.7 Å². The molecule has 0 spiro atoms. The largest absolute Gasteiger partial charge is 0.495 e. The van der Waals surface area contributed by atoms with Gasteiger partial charge in [-0.2, -0.15) is 9.97 Å². The van der Waals surface area contributed by atoms with Gasteiger partial charge in [-0.1, -0.05) is 6.07 Å². The summed E-state index contributed by atoms with van der Waals surface area (Å²) in [4.78, 5) is 24.0. The Labute approximate surface area is 189 Å².